The molecule has 0 aliphatic rings. The largest absolute Gasteiger partial charge is 0.355 e. The summed E-state index contributed by atoms with van der Waals surface area (Å²) in [6.45, 7) is 3.89. The van der Waals surface area contributed by atoms with Crippen molar-refractivity contribution in [3.63, 3.8) is 0 Å². The van der Waals surface area contributed by atoms with E-state index in [1.807, 2.05) is 19.9 Å². The number of carbonyl (C=O) groups is 1. The van der Waals surface area contributed by atoms with Gasteiger partial charge in [0.2, 0.25) is 0 Å². The fourth-order valence-corrected chi connectivity index (χ4v) is 1.44. The number of amides is 1. The van der Waals surface area contributed by atoms with Crippen LogP contribution in [-0.2, 0) is 0 Å². The molecule has 1 amide bonds. The maximum absolute atomic E-state index is 12.0. The molecule has 0 bridgehead atoms. The maximum Gasteiger partial charge on any atom is 0.276 e. The third kappa shape index (κ3) is 2.40. The van der Waals surface area contributed by atoms with Gasteiger partial charge >= 0.3 is 0 Å². The Morgan fingerprint density at radius 1 is 1.44 bits per heavy atom. The van der Waals surface area contributed by atoms with Crippen molar-refractivity contribution in [2.45, 2.75) is 19.9 Å². The summed E-state index contributed by atoms with van der Waals surface area (Å²) in [4.78, 5) is 17.6. The molecule has 0 N–H and O–H groups in total. The molecular weight excluding hydrogens is 230 g/mol. The normalized spacial score (nSPS) is 10.7. The Morgan fingerprint density at radius 3 is 2.83 bits per heavy atom. The van der Waals surface area contributed by atoms with Gasteiger partial charge in [0.25, 0.3) is 5.91 Å². The average Bonchev–Trinajstić information content (AvgIpc) is 2.87. The van der Waals surface area contributed by atoms with Crippen molar-refractivity contribution in [2.24, 2.45) is 0 Å². The summed E-state index contributed by atoms with van der Waals surface area (Å²) < 4.78 is 5.16. The lowest BCUT2D eigenvalue weighted by atomic mass is 10.2. The molecule has 2 aromatic heterocycles. The van der Waals surface area contributed by atoms with Crippen molar-refractivity contribution in [3.8, 4) is 11.3 Å². The Kier molecular flexibility index (Phi) is 3.41. The lowest BCUT2D eigenvalue weighted by molar-refractivity contribution is 0.0744. The zero-order valence-corrected chi connectivity index (χ0v) is 10.6. The van der Waals surface area contributed by atoms with Crippen LogP contribution >= 0.6 is 0 Å². The SMILES string of the molecule is CC(C)N(C)C(=O)c1cc(-c2cccnc2)on1. The van der Waals surface area contributed by atoms with Gasteiger partial charge in [0.05, 0.1) is 0 Å². The van der Waals surface area contributed by atoms with Gasteiger partial charge in [-0.15, -0.1) is 0 Å². The van der Waals surface area contributed by atoms with Crippen molar-refractivity contribution in [1.82, 2.24) is 15.0 Å². The minimum Gasteiger partial charge on any atom is -0.355 e. The van der Waals surface area contributed by atoms with E-state index < -0.39 is 0 Å². The molecule has 0 radical (unpaired) electrons. The van der Waals surface area contributed by atoms with Gasteiger partial charge < -0.3 is 9.42 Å². The molecule has 0 unspecified atom stereocenters. The van der Waals surface area contributed by atoms with Crippen LogP contribution in [0.25, 0.3) is 11.3 Å². The Balaban J connectivity index is 2.24. The van der Waals surface area contributed by atoms with Crippen LogP contribution in [0, 0.1) is 0 Å². The van der Waals surface area contributed by atoms with Crippen LogP contribution in [0.2, 0.25) is 0 Å². The van der Waals surface area contributed by atoms with E-state index in [2.05, 4.69) is 10.1 Å². The first-order chi connectivity index (χ1) is 8.59. The van der Waals surface area contributed by atoms with Gasteiger partial charge in [0.1, 0.15) is 0 Å². The molecule has 2 rings (SSSR count). The summed E-state index contributed by atoms with van der Waals surface area (Å²) >= 11 is 0. The summed E-state index contributed by atoms with van der Waals surface area (Å²) in [5.74, 6) is 0.396. The molecule has 0 fully saturated rings. The molecule has 5 nitrogen and oxygen atoms in total. The maximum atomic E-state index is 12.0. The number of pyridine rings is 1. The van der Waals surface area contributed by atoms with Gasteiger partial charge in [0, 0.05) is 37.1 Å². The Bertz CT molecular complexity index is 534. The molecule has 94 valence electrons. The van der Waals surface area contributed by atoms with E-state index >= 15 is 0 Å². The van der Waals surface area contributed by atoms with Crippen LogP contribution in [0.4, 0.5) is 0 Å². The van der Waals surface area contributed by atoms with Crippen molar-refractivity contribution in [3.05, 3.63) is 36.3 Å². The number of hydrogen-bond donors (Lipinski definition) is 0. The smallest absolute Gasteiger partial charge is 0.276 e. The van der Waals surface area contributed by atoms with Crippen LogP contribution in [0.15, 0.2) is 35.1 Å². The lowest BCUT2D eigenvalue weighted by Crippen LogP contribution is -2.33. The highest BCUT2D eigenvalue weighted by atomic mass is 16.5. The number of aromatic nitrogens is 2. The second kappa shape index (κ2) is 5.00. The highest BCUT2D eigenvalue weighted by Crippen LogP contribution is 2.19. The first kappa shape index (κ1) is 12.3. The quantitative estimate of drug-likeness (QED) is 0.831. The van der Waals surface area contributed by atoms with Crippen LogP contribution in [-0.4, -0.2) is 34.0 Å². The number of rotatable bonds is 3. The van der Waals surface area contributed by atoms with Crippen molar-refractivity contribution in [2.75, 3.05) is 7.05 Å². The standard InChI is InChI=1S/C13H15N3O2/c1-9(2)16(3)13(17)11-7-12(18-15-11)10-5-4-6-14-8-10/h4-9H,1-3H3. The minimum absolute atomic E-state index is 0.121. The van der Waals surface area contributed by atoms with E-state index in [9.17, 15) is 4.79 Å². The summed E-state index contributed by atoms with van der Waals surface area (Å²) in [6, 6.07) is 5.42. The van der Waals surface area contributed by atoms with Crippen molar-refractivity contribution < 1.29 is 9.32 Å². The average molecular weight is 245 g/mol. The number of hydrogen-bond acceptors (Lipinski definition) is 4. The first-order valence-corrected chi connectivity index (χ1v) is 5.74. The van der Waals surface area contributed by atoms with Crippen LogP contribution in [0.1, 0.15) is 24.3 Å². The zero-order valence-electron chi connectivity index (χ0n) is 10.6. The van der Waals surface area contributed by atoms with Crippen LogP contribution in [0.5, 0.6) is 0 Å². The van der Waals surface area contributed by atoms with Gasteiger partial charge in [0.15, 0.2) is 11.5 Å². The molecule has 0 aliphatic carbocycles. The zero-order chi connectivity index (χ0) is 13.1. The van der Waals surface area contributed by atoms with Gasteiger partial charge in [-0.05, 0) is 26.0 Å². The third-order valence-corrected chi connectivity index (χ3v) is 2.77. The van der Waals surface area contributed by atoms with E-state index in [4.69, 9.17) is 4.52 Å². The summed E-state index contributed by atoms with van der Waals surface area (Å²) in [6.07, 6.45) is 3.35. The van der Waals surface area contributed by atoms with E-state index in [1.54, 1.807) is 36.5 Å². The van der Waals surface area contributed by atoms with E-state index in [-0.39, 0.29) is 11.9 Å². The third-order valence-electron chi connectivity index (χ3n) is 2.77. The Morgan fingerprint density at radius 2 is 2.22 bits per heavy atom. The van der Waals surface area contributed by atoms with Crippen molar-refractivity contribution in [1.29, 1.82) is 0 Å². The predicted molar refractivity (Wildman–Crippen MR) is 67.0 cm³/mol. The molecule has 0 aromatic carbocycles. The Labute approximate surface area is 105 Å². The van der Waals surface area contributed by atoms with Gasteiger partial charge in [-0.3, -0.25) is 9.78 Å². The fourth-order valence-electron chi connectivity index (χ4n) is 1.44. The summed E-state index contributed by atoms with van der Waals surface area (Å²) in [5, 5.41) is 3.80. The Hall–Kier alpha value is -2.17. The first-order valence-electron chi connectivity index (χ1n) is 5.74. The van der Waals surface area contributed by atoms with Crippen LogP contribution in [0.3, 0.4) is 0 Å². The molecule has 2 heterocycles. The lowest BCUT2D eigenvalue weighted by Gasteiger charge is -2.19. The molecule has 18 heavy (non-hydrogen) atoms. The minimum atomic E-state index is -0.149. The number of nitrogens with zero attached hydrogens (tertiary/aromatic N) is 3. The monoisotopic (exact) mass is 245 g/mol. The molecular formula is C13H15N3O2. The summed E-state index contributed by atoms with van der Waals surface area (Å²) in [5.41, 5.74) is 1.11. The fraction of sp³-hybridized carbons (Fsp3) is 0.308. The van der Waals surface area contributed by atoms with Gasteiger partial charge in [-0.1, -0.05) is 5.16 Å². The molecule has 0 saturated heterocycles. The predicted octanol–water partition coefficient (Wildman–Crippen LogP) is 2.22. The number of carbonyl (C=O) groups excluding carboxylic acids is 1. The van der Waals surface area contributed by atoms with E-state index in [0.29, 0.717) is 11.5 Å². The molecule has 5 heteroatoms. The molecule has 0 aliphatic heterocycles. The topological polar surface area (TPSA) is 59.2 Å². The van der Waals surface area contributed by atoms with Crippen LogP contribution < -0.4 is 0 Å². The second-order valence-electron chi connectivity index (χ2n) is 4.33. The highest BCUT2D eigenvalue weighted by molar-refractivity contribution is 5.93. The molecule has 0 atom stereocenters. The van der Waals surface area contributed by atoms with Gasteiger partial charge in [-0.2, -0.15) is 0 Å². The van der Waals surface area contributed by atoms with E-state index in [1.165, 1.54) is 0 Å². The molecule has 0 spiro atoms. The highest BCUT2D eigenvalue weighted by Gasteiger charge is 2.19. The molecule has 2 aromatic rings. The van der Waals surface area contributed by atoms with Crippen molar-refractivity contribution >= 4 is 5.91 Å². The summed E-state index contributed by atoms with van der Waals surface area (Å²) in [7, 11) is 1.74. The second-order valence-corrected chi connectivity index (χ2v) is 4.33. The van der Waals surface area contributed by atoms with E-state index in [0.717, 1.165) is 5.56 Å². The molecule has 0 saturated carbocycles. The van der Waals surface area contributed by atoms with Gasteiger partial charge in [-0.25, -0.2) is 0 Å².